The van der Waals surface area contributed by atoms with Crippen molar-refractivity contribution in [3.63, 3.8) is 0 Å². The molecule has 1 aromatic rings. The first kappa shape index (κ1) is 18.6. The molecule has 0 radical (unpaired) electrons. The Balaban J connectivity index is 2.00. The van der Waals surface area contributed by atoms with Gasteiger partial charge in [-0.05, 0) is 25.0 Å². The standard InChI is InChI=1S/C16H18ClF3N2O2/c17-8-5-14(23)21-11-6-9-22(10-7-11)15(24)12-3-1-2-4-13(12)16(18,19)20/h1-4,11H,5-10H2,(H,21,23). The normalized spacial score (nSPS) is 16.1. The average molecular weight is 363 g/mol. The molecule has 24 heavy (non-hydrogen) atoms. The smallest absolute Gasteiger partial charge is 0.353 e. The van der Waals surface area contributed by atoms with Crippen molar-refractivity contribution in [1.82, 2.24) is 10.2 Å². The molecular formula is C16H18ClF3N2O2. The lowest BCUT2D eigenvalue weighted by atomic mass is 10.0. The van der Waals surface area contributed by atoms with Crippen LogP contribution in [0.4, 0.5) is 13.2 Å². The van der Waals surface area contributed by atoms with E-state index in [2.05, 4.69) is 5.32 Å². The summed E-state index contributed by atoms with van der Waals surface area (Å²) < 4.78 is 39.1. The molecule has 0 aromatic heterocycles. The van der Waals surface area contributed by atoms with Gasteiger partial charge in [-0.25, -0.2) is 0 Å². The Morgan fingerprint density at radius 2 is 1.83 bits per heavy atom. The lowest BCUT2D eigenvalue weighted by Crippen LogP contribution is -2.46. The van der Waals surface area contributed by atoms with E-state index in [1.807, 2.05) is 0 Å². The zero-order valence-electron chi connectivity index (χ0n) is 12.9. The second-order valence-corrected chi connectivity index (χ2v) is 5.99. The molecule has 0 unspecified atom stereocenters. The summed E-state index contributed by atoms with van der Waals surface area (Å²) in [5, 5.41) is 2.81. The average Bonchev–Trinajstić information content (AvgIpc) is 2.54. The molecule has 1 saturated heterocycles. The van der Waals surface area contributed by atoms with Gasteiger partial charge < -0.3 is 10.2 Å². The van der Waals surface area contributed by atoms with E-state index in [1.165, 1.54) is 23.1 Å². The van der Waals surface area contributed by atoms with E-state index >= 15 is 0 Å². The lowest BCUT2D eigenvalue weighted by Gasteiger charge is -2.33. The third-order valence-corrected chi connectivity index (χ3v) is 4.12. The predicted molar refractivity (Wildman–Crippen MR) is 83.8 cm³/mol. The SMILES string of the molecule is O=C(CCCl)NC1CCN(C(=O)c2ccccc2C(F)(F)F)CC1. The maximum atomic E-state index is 13.0. The first-order valence-corrected chi connectivity index (χ1v) is 8.17. The molecule has 0 spiro atoms. The van der Waals surface area contributed by atoms with Crippen molar-refractivity contribution in [3.8, 4) is 0 Å². The van der Waals surface area contributed by atoms with Crippen molar-refractivity contribution in [3.05, 3.63) is 35.4 Å². The fourth-order valence-corrected chi connectivity index (χ4v) is 2.87. The third kappa shape index (κ3) is 4.63. The van der Waals surface area contributed by atoms with Gasteiger partial charge in [-0.15, -0.1) is 11.6 Å². The van der Waals surface area contributed by atoms with Crippen LogP contribution in [-0.2, 0) is 11.0 Å². The van der Waals surface area contributed by atoms with Crippen LogP contribution in [0.2, 0.25) is 0 Å². The first-order valence-electron chi connectivity index (χ1n) is 7.63. The summed E-state index contributed by atoms with van der Waals surface area (Å²) in [5.41, 5.74) is -1.26. The molecule has 1 aliphatic heterocycles. The van der Waals surface area contributed by atoms with E-state index < -0.39 is 17.6 Å². The molecule has 0 atom stereocenters. The maximum absolute atomic E-state index is 13.0. The summed E-state index contributed by atoms with van der Waals surface area (Å²) in [7, 11) is 0. The van der Waals surface area contributed by atoms with Gasteiger partial charge in [0.05, 0.1) is 11.1 Å². The van der Waals surface area contributed by atoms with Crippen LogP contribution in [0.1, 0.15) is 35.2 Å². The molecule has 2 rings (SSSR count). The van der Waals surface area contributed by atoms with Gasteiger partial charge in [0, 0.05) is 31.4 Å². The molecule has 0 saturated carbocycles. The number of rotatable bonds is 4. The fraction of sp³-hybridized carbons (Fsp3) is 0.500. The third-order valence-electron chi connectivity index (χ3n) is 3.93. The van der Waals surface area contributed by atoms with Gasteiger partial charge in [0.2, 0.25) is 5.91 Å². The Hall–Kier alpha value is -1.76. The predicted octanol–water partition coefficient (Wildman–Crippen LogP) is 3.06. The number of likely N-dealkylation sites (tertiary alicyclic amines) is 1. The highest BCUT2D eigenvalue weighted by molar-refractivity contribution is 6.18. The molecule has 1 heterocycles. The highest BCUT2D eigenvalue weighted by atomic mass is 35.5. The summed E-state index contributed by atoms with van der Waals surface area (Å²) in [6.07, 6.45) is -3.33. The Bertz CT molecular complexity index is 599. The summed E-state index contributed by atoms with van der Waals surface area (Å²) in [5.74, 6) is -0.553. The summed E-state index contributed by atoms with van der Waals surface area (Å²) in [4.78, 5) is 25.3. The highest BCUT2D eigenvalue weighted by Gasteiger charge is 2.36. The number of nitrogens with one attached hydrogen (secondary N) is 1. The van der Waals surface area contributed by atoms with Crippen molar-refractivity contribution in [2.45, 2.75) is 31.5 Å². The van der Waals surface area contributed by atoms with E-state index in [-0.39, 0.29) is 29.8 Å². The zero-order chi connectivity index (χ0) is 17.7. The Morgan fingerprint density at radius 3 is 2.42 bits per heavy atom. The number of piperidine rings is 1. The van der Waals surface area contributed by atoms with Gasteiger partial charge in [0.1, 0.15) is 0 Å². The molecule has 1 fully saturated rings. The fourth-order valence-electron chi connectivity index (χ4n) is 2.70. The quantitative estimate of drug-likeness (QED) is 0.837. The topological polar surface area (TPSA) is 49.4 Å². The van der Waals surface area contributed by atoms with Crippen molar-refractivity contribution in [2.75, 3.05) is 19.0 Å². The van der Waals surface area contributed by atoms with Crippen molar-refractivity contribution >= 4 is 23.4 Å². The molecule has 0 bridgehead atoms. The second kappa shape index (κ2) is 7.88. The van der Waals surface area contributed by atoms with Crippen molar-refractivity contribution in [1.29, 1.82) is 0 Å². The zero-order valence-corrected chi connectivity index (χ0v) is 13.7. The van der Waals surface area contributed by atoms with Crippen LogP contribution in [0, 0.1) is 0 Å². The summed E-state index contributed by atoms with van der Waals surface area (Å²) >= 11 is 5.49. The van der Waals surface area contributed by atoms with Gasteiger partial charge in [-0.3, -0.25) is 9.59 Å². The molecule has 1 N–H and O–H groups in total. The number of amides is 2. The summed E-state index contributed by atoms with van der Waals surface area (Å²) in [6.45, 7) is 0.605. The molecule has 0 aliphatic carbocycles. The Labute approximate surface area is 143 Å². The number of carbonyl (C=O) groups excluding carboxylic acids is 2. The van der Waals surface area contributed by atoms with Crippen LogP contribution >= 0.6 is 11.6 Å². The summed E-state index contributed by atoms with van der Waals surface area (Å²) in [6, 6.07) is 4.70. The van der Waals surface area contributed by atoms with Gasteiger partial charge in [-0.2, -0.15) is 13.2 Å². The first-order chi connectivity index (χ1) is 11.3. The molecule has 8 heteroatoms. The molecule has 2 amide bonds. The van der Waals surface area contributed by atoms with Crippen LogP contribution < -0.4 is 5.32 Å². The van der Waals surface area contributed by atoms with Gasteiger partial charge in [-0.1, -0.05) is 12.1 Å². The monoisotopic (exact) mass is 362 g/mol. The van der Waals surface area contributed by atoms with E-state index in [4.69, 9.17) is 11.6 Å². The van der Waals surface area contributed by atoms with Crippen LogP contribution in [0.3, 0.4) is 0 Å². The van der Waals surface area contributed by atoms with Crippen LogP contribution in [0.15, 0.2) is 24.3 Å². The lowest BCUT2D eigenvalue weighted by molar-refractivity contribution is -0.138. The maximum Gasteiger partial charge on any atom is 0.417 e. The Morgan fingerprint density at radius 1 is 1.21 bits per heavy atom. The van der Waals surface area contributed by atoms with Crippen LogP contribution in [0.25, 0.3) is 0 Å². The number of hydrogen-bond donors (Lipinski definition) is 1. The van der Waals surface area contributed by atoms with Crippen molar-refractivity contribution in [2.24, 2.45) is 0 Å². The number of benzene rings is 1. The minimum atomic E-state index is -4.57. The van der Waals surface area contributed by atoms with Crippen LogP contribution in [0.5, 0.6) is 0 Å². The van der Waals surface area contributed by atoms with Gasteiger partial charge >= 0.3 is 6.18 Å². The minimum Gasteiger partial charge on any atom is -0.353 e. The molecule has 4 nitrogen and oxygen atoms in total. The second-order valence-electron chi connectivity index (χ2n) is 5.62. The van der Waals surface area contributed by atoms with E-state index in [9.17, 15) is 22.8 Å². The minimum absolute atomic E-state index is 0.0809. The number of nitrogens with zero attached hydrogens (tertiary/aromatic N) is 1. The van der Waals surface area contributed by atoms with Crippen molar-refractivity contribution < 1.29 is 22.8 Å². The largest absolute Gasteiger partial charge is 0.417 e. The number of carbonyl (C=O) groups is 2. The van der Waals surface area contributed by atoms with Crippen LogP contribution in [-0.4, -0.2) is 41.7 Å². The molecule has 1 aromatic carbocycles. The molecule has 1 aliphatic rings. The van der Waals surface area contributed by atoms with E-state index in [0.717, 1.165) is 6.07 Å². The molecular weight excluding hydrogens is 345 g/mol. The number of alkyl halides is 4. The van der Waals surface area contributed by atoms with E-state index in [0.29, 0.717) is 25.9 Å². The van der Waals surface area contributed by atoms with E-state index in [1.54, 1.807) is 0 Å². The number of halogens is 4. The molecule has 132 valence electrons. The van der Waals surface area contributed by atoms with Gasteiger partial charge in [0.25, 0.3) is 5.91 Å². The Kier molecular flexibility index (Phi) is 6.10. The highest BCUT2D eigenvalue weighted by Crippen LogP contribution is 2.32. The number of hydrogen-bond acceptors (Lipinski definition) is 2. The van der Waals surface area contributed by atoms with Gasteiger partial charge in [0.15, 0.2) is 0 Å².